The molecule has 4 aromatic heterocycles. The van der Waals surface area contributed by atoms with Crippen molar-refractivity contribution >= 4 is 50.3 Å². The van der Waals surface area contributed by atoms with Crippen molar-refractivity contribution in [1.29, 1.82) is 0 Å². The maximum atomic E-state index is 14.0. The monoisotopic (exact) mass is 529 g/mol. The average molecular weight is 530 g/mol. The summed E-state index contributed by atoms with van der Waals surface area (Å²) in [6.45, 7) is 2.32. The van der Waals surface area contributed by atoms with E-state index in [1.165, 1.54) is 25.7 Å². The van der Waals surface area contributed by atoms with Gasteiger partial charge in [0, 0.05) is 29.6 Å². The van der Waals surface area contributed by atoms with Crippen molar-refractivity contribution in [3.63, 3.8) is 0 Å². The van der Waals surface area contributed by atoms with Crippen molar-refractivity contribution in [2.24, 2.45) is 0 Å². The number of pyridine rings is 2. The molecule has 0 saturated carbocycles. The number of carbonyl (C=O) groups excluding carboxylic acids is 1. The van der Waals surface area contributed by atoms with E-state index in [1.807, 2.05) is 6.92 Å². The van der Waals surface area contributed by atoms with Gasteiger partial charge in [0.1, 0.15) is 22.9 Å². The fourth-order valence-corrected chi connectivity index (χ4v) is 4.88. The summed E-state index contributed by atoms with van der Waals surface area (Å²) in [6, 6.07) is 3.39. The van der Waals surface area contributed by atoms with Gasteiger partial charge in [-0.3, -0.25) is 15.1 Å². The molecule has 0 bridgehead atoms. The molecule has 2 atom stereocenters. The Balaban J connectivity index is 1.43. The number of aryl methyl sites for hydroxylation is 1. The number of nitrogens with zero attached hydrogens (tertiary/aromatic N) is 6. The number of piperidine rings is 1. The van der Waals surface area contributed by atoms with Crippen molar-refractivity contribution in [1.82, 2.24) is 24.9 Å². The van der Waals surface area contributed by atoms with Crippen molar-refractivity contribution in [3.8, 4) is 16.9 Å². The number of carbonyl (C=O) groups is 1. The minimum absolute atomic E-state index is 0.0371. The Morgan fingerprint density at radius 1 is 1.22 bits per heavy atom. The predicted molar refractivity (Wildman–Crippen MR) is 135 cm³/mol. The Morgan fingerprint density at radius 2 is 2.06 bits per heavy atom. The molecule has 5 rings (SSSR count). The molecule has 1 amide bonds. The van der Waals surface area contributed by atoms with E-state index in [0.29, 0.717) is 62.5 Å². The number of halogens is 2. The van der Waals surface area contributed by atoms with Gasteiger partial charge in [-0.1, -0.05) is 22.9 Å². The van der Waals surface area contributed by atoms with Gasteiger partial charge in [0.2, 0.25) is 0 Å². The summed E-state index contributed by atoms with van der Waals surface area (Å²) in [5.41, 5.74) is 2.54. The second-order valence-corrected chi connectivity index (χ2v) is 9.59. The van der Waals surface area contributed by atoms with Gasteiger partial charge in [-0.05, 0) is 25.5 Å². The van der Waals surface area contributed by atoms with E-state index >= 15 is 0 Å². The number of methoxy groups -OCH3 is 1. The van der Waals surface area contributed by atoms with Crippen LogP contribution in [0.4, 0.5) is 15.3 Å². The normalized spacial score (nSPS) is 17.9. The smallest absolute Gasteiger partial charge is 0.259 e. The van der Waals surface area contributed by atoms with Gasteiger partial charge < -0.3 is 14.7 Å². The number of hydrogen-bond donors (Lipinski definition) is 2. The minimum atomic E-state index is -1.35. The predicted octanol–water partition coefficient (Wildman–Crippen LogP) is 3.68. The zero-order valence-electron chi connectivity index (χ0n) is 19.3. The standard InChI is InChI=1S/C23H21ClFN7O3S/c1-11-5-12(13-6-18(24)27-8-17(13)35-2)14(7-26-11)21(34)31-23-30-20-22(36-23)29-19(9-28-20)32-4-3-16(33)15(25)10-32/h5-9,15-16,33H,3-4,10H2,1-2H3,(H,28,30,31,34). The summed E-state index contributed by atoms with van der Waals surface area (Å²) < 4.78 is 19.4. The molecule has 0 spiro atoms. The first-order valence-corrected chi connectivity index (χ1v) is 12.2. The highest BCUT2D eigenvalue weighted by molar-refractivity contribution is 7.21. The number of amides is 1. The molecule has 1 fully saturated rings. The molecule has 0 aromatic carbocycles. The Morgan fingerprint density at radius 3 is 2.83 bits per heavy atom. The van der Waals surface area contributed by atoms with E-state index in [1.54, 1.807) is 17.0 Å². The number of hydrogen-bond acceptors (Lipinski definition) is 10. The molecule has 1 aliphatic rings. The third kappa shape index (κ3) is 4.79. The Hall–Kier alpha value is -3.48. The van der Waals surface area contributed by atoms with Gasteiger partial charge in [0.25, 0.3) is 5.91 Å². The van der Waals surface area contributed by atoms with E-state index in [2.05, 4.69) is 30.2 Å². The molecule has 0 radical (unpaired) electrons. The van der Waals surface area contributed by atoms with Crippen molar-refractivity contribution in [2.45, 2.75) is 25.6 Å². The van der Waals surface area contributed by atoms with Crippen LogP contribution in [0.5, 0.6) is 5.75 Å². The zero-order valence-corrected chi connectivity index (χ0v) is 20.8. The summed E-state index contributed by atoms with van der Waals surface area (Å²) in [7, 11) is 1.51. The first-order valence-electron chi connectivity index (χ1n) is 11.0. The Bertz CT molecular complexity index is 1450. The molecule has 186 valence electrons. The van der Waals surface area contributed by atoms with Crippen LogP contribution in [0.15, 0.2) is 30.7 Å². The lowest BCUT2D eigenvalue weighted by atomic mass is 10.0. The summed E-state index contributed by atoms with van der Waals surface area (Å²) in [6.07, 6.45) is 2.48. The first kappa shape index (κ1) is 24.2. The second-order valence-electron chi connectivity index (χ2n) is 8.23. The summed E-state index contributed by atoms with van der Waals surface area (Å²) in [5.74, 6) is 0.517. The number of nitrogens with one attached hydrogen (secondary N) is 1. The topological polar surface area (TPSA) is 126 Å². The Kier molecular flexibility index (Phi) is 6.65. The third-order valence-corrected chi connectivity index (χ3v) is 6.85. The fraction of sp³-hybridized carbons (Fsp3) is 0.304. The third-order valence-electron chi connectivity index (χ3n) is 5.79. The van der Waals surface area contributed by atoms with Crippen LogP contribution in [0.2, 0.25) is 5.15 Å². The number of anilines is 2. The molecule has 1 aliphatic heterocycles. The number of aliphatic hydroxyl groups is 1. The van der Waals surface area contributed by atoms with Crippen LogP contribution in [-0.4, -0.2) is 68.4 Å². The summed E-state index contributed by atoms with van der Waals surface area (Å²) in [5, 5.41) is 13.0. The van der Waals surface area contributed by atoms with Crippen LogP contribution < -0.4 is 15.0 Å². The van der Waals surface area contributed by atoms with Crippen LogP contribution >= 0.6 is 22.9 Å². The molecular formula is C23H21ClFN7O3S. The molecule has 36 heavy (non-hydrogen) atoms. The number of alkyl halides is 1. The molecule has 2 unspecified atom stereocenters. The molecule has 4 aromatic rings. The zero-order chi connectivity index (χ0) is 25.4. The SMILES string of the molecule is COc1cnc(Cl)cc1-c1cc(C)ncc1C(=O)Nc1nc2ncc(N3CCC(O)C(F)C3)nc2s1. The Labute approximate surface area is 214 Å². The van der Waals surface area contributed by atoms with Gasteiger partial charge in [-0.25, -0.2) is 19.3 Å². The van der Waals surface area contributed by atoms with E-state index in [0.717, 1.165) is 11.3 Å². The largest absolute Gasteiger partial charge is 0.494 e. The van der Waals surface area contributed by atoms with Crippen molar-refractivity contribution in [3.05, 3.63) is 47.1 Å². The van der Waals surface area contributed by atoms with Crippen molar-refractivity contribution in [2.75, 3.05) is 30.4 Å². The minimum Gasteiger partial charge on any atom is -0.494 e. The number of aliphatic hydroxyl groups excluding tert-OH is 1. The van der Waals surface area contributed by atoms with Gasteiger partial charge in [-0.2, -0.15) is 4.98 Å². The molecule has 5 heterocycles. The summed E-state index contributed by atoms with van der Waals surface area (Å²) in [4.78, 5) is 37.0. The number of ether oxygens (including phenoxy) is 1. The molecule has 0 aliphatic carbocycles. The van der Waals surface area contributed by atoms with E-state index in [-0.39, 0.29) is 11.7 Å². The fourth-order valence-electron chi connectivity index (χ4n) is 3.94. The highest BCUT2D eigenvalue weighted by atomic mass is 35.5. The highest BCUT2D eigenvalue weighted by Gasteiger charge is 2.28. The maximum Gasteiger partial charge on any atom is 0.259 e. The molecule has 13 heteroatoms. The number of fused-ring (bicyclic) bond motifs is 1. The van der Waals surface area contributed by atoms with Gasteiger partial charge in [0.15, 0.2) is 15.6 Å². The molecule has 10 nitrogen and oxygen atoms in total. The van der Waals surface area contributed by atoms with Crippen LogP contribution in [0.25, 0.3) is 21.6 Å². The molecule has 1 saturated heterocycles. The van der Waals surface area contributed by atoms with Crippen LogP contribution in [0, 0.1) is 6.92 Å². The van der Waals surface area contributed by atoms with E-state index in [4.69, 9.17) is 16.3 Å². The van der Waals surface area contributed by atoms with Crippen molar-refractivity contribution < 1.29 is 19.0 Å². The van der Waals surface area contributed by atoms with E-state index in [9.17, 15) is 14.3 Å². The number of thiazole rings is 1. The number of aromatic nitrogens is 5. The lowest BCUT2D eigenvalue weighted by Gasteiger charge is -2.32. The van der Waals surface area contributed by atoms with Gasteiger partial charge >= 0.3 is 0 Å². The average Bonchev–Trinajstić information content (AvgIpc) is 3.27. The lowest BCUT2D eigenvalue weighted by molar-refractivity contribution is 0.0614. The summed E-state index contributed by atoms with van der Waals surface area (Å²) >= 11 is 7.26. The van der Waals surface area contributed by atoms with Crippen LogP contribution in [-0.2, 0) is 0 Å². The first-order chi connectivity index (χ1) is 17.3. The lowest BCUT2D eigenvalue weighted by Crippen LogP contribution is -2.44. The van der Waals surface area contributed by atoms with E-state index < -0.39 is 18.2 Å². The second kappa shape index (κ2) is 9.88. The maximum absolute atomic E-state index is 14.0. The van der Waals surface area contributed by atoms with Crippen LogP contribution in [0.3, 0.4) is 0 Å². The van der Waals surface area contributed by atoms with Gasteiger partial charge in [-0.15, -0.1) is 0 Å². The quantitative estimate of drug-likeness (QED) is 0.372. The number of rotatable bonds is 5. The molecule has 2 N–H and O–H groups in total. The molecular weight excluding hydrogens is 509 g/mol. The van der Waals surface area contributed by atoms with Gasteiger partial charge in [0.05, 0.1) is 37.7 Å². The van der Waals surface area contributed by atoms with Crippen LogP contribution in [0.1, 0.15) is 22.5 Å². The highest BCUT2D eigenvalue weighted by Crippen LogP contribution is 2.34.